The summed E-state index contributed by atoms with van der Waals surface area (Å²) >= 11 is 0. The molecule has 0 aliphatic carbocycles. The van der Waals surface area contributed by atoms with Crippen LogP contribution in [0.1, 0.15) is 5.71 Å². The molecule has 5 nitrogen and oxygen atoms in total. The van der Waals surface area contributed by atoms with E-state index in [4.69, 9.17) is 15.3 Å². The number of hydrogen-bond acceptors (Lipinski definition) is 2. The Bertz CT molecular complexity index is 43.1. The van der Waals surface area contributed by atoms with Crippen molar-refractivity contribution in [3.8, 4) is 0 Å². The smallest absolute Gasteiger partial charge is 1.00 e. The molecule has 0 amide bonds. The first-order valence-corrected chi connectivity index (χ1v) is 0.565. The molecular formula is H7Ba2NO4. The molecule has 0 saturated heterocycles. The SMILES string of the molecule is O.O=[N+]([O-])O.[Ba+2].[Ba+2].[H-].[H-].[H-].[H-]. The third kappa shape index (κ3) is 62.2. The van der Waals surface area contributed by atoms with Gasteiger partial charge in [0.05, 0.1) is 0 Å². The van der Waals surface area contributed by atoms with E-state index in [1.807, 2.05) is 0 Å². The number of nitrogens with zero attached hydrogens (tertiary/aromatic N) is 1. The van der Waals surface area contributed by atoms with Crippen LogP contribution in [-0.4, -0.2) is 114 Å². The molecule has 0 heterocycles. The minimum absolute atomic E-state index is 0. The van der Waals surface area contributed by atoms with Crippen molar-refractivity contribution in [3.63, 3.8) is 0 Å². The summed E-state index contributed by atoms with van der Waals surface area (Å²) in [5, 5.41) is 13.6. The maximum absolute atomic E-state index is 8.36. The second-order valence-electron chi connectivity index (χ2n) is 0.238. The second kappa shape index (κ2) is 15.7. The quantitative estimate of drug-likeness (QED) is 0.324. The average Bonchev–Trinajstić information content (AvgIpc) is 0.811. The van der Waals surface area contributed by atoms with E-state index in [1.54, 1.807) is 0 Å². The van der Waals surface area contributed by atoms with Gasteiger partial charge in [0.1, 0.15) is 0 Å². The summed E-state index contributed by atoms with van der Waals surface area (Å²) in [6.07, 6.45) is 0. The van der Waals surface area contributed by atoms with Crippen LogP contribution in [0.15, 0.2) is 0 Å². The van der Waals surface area contributed by atoms with E-state index in [2.05, 4.69) is 0 Å². The Morgan fingerprint density at radius 3 is 1.57 bits per heavy atom. The Hall–Kier alpha value is 2.30. The molecule has 0 aliphatic rings. The van der Waals surface area contributed by atoms with Crippen molar-refractivity contribution in [1.29, 1.82) is 0 Å². The largest absolute Gasteiger partial charge is 2.00 e. The molecule has 40 valence electrons. The monoisotopic (exact) mass is 361 g/mol. The third-order valence-corrected chi connectivity index (χ3v) is 0. The molecule has 0 rings (SSSR count). The van der Waals surface area contributed by atoms with Crippen LogP contribution in [0.5, 0.6) is 0 Å². The van der Waals surface area contributed by atoms with Crippen molar-refractivity contribution in [3.05, 3.63) is 10.1 Å². The van der Waals surface area contributed by atoms with Crippen molar-refractivity contribution in [2.45, 2.75) is 0 Å². The van der Waals surface area contributed by atoms with E-state index < -0.39 is 5.09 Å². The molecule has 0 aliphatic heterocycles. The molecule has 0 atom stereocenters. The van der Waals surface area contributed by atoms with E-state index in [-0.39, 0.29) is 109 Å². The first-order valence-electron chi connectivity index (χ1n) is 0.565. The zero-order valence-electron chi connectivity index (χ0n) is 7.63. The minimum Gasteiger partial charge on any atom is -1.00 e. The van der Waals surface area contributed by atoms with Crippen LogP contribution in [0.25, 0.3) is 0 Å². The van der Waals surface area contributed by atoms with Crippen LogP contribution in [-0.2, 0) is 0 Å². The Morgan fingerprint density at radius 2 is 1.57 bits per heavy atom. The Kier molecular flexibility index (Phi) is 51.3. The van der Waals surface area contributed by atoms with Crippen LogP contribution >= 0.6 is 0 Å². The van der Waals surface area contributed by atoms with Crippen molar-refractivity contribution in [2.24, 2.45) is 0 Å². The van der Waals surface area contributed by atoms with Crippen molar-refractivity contribution < 1.29 is 21.5 Å². The summed E-state index contributed by atoms with van der Waals surface area (Å²) in [7, 11) is 0. The van der Waals surface area contributed by atoms with E-state index >= 15 is 0 Å². The van der Waals surface area contributed by atoms with Gasteiger partial charge in [-0.25, -0.2) is 0 Å². The normalized spacial score (nSPS) is 3.43. The van der Waals surface area contributed by atoms with Gasteiger partial charge in [-0.05, 0) is 0 Å². The Balaban J connectivity index is -0.00000000214. The van der Waals surface area contributed by atoms with Crippen LogP contribution in [0.2, 0.25) is 0 Å². The summed E-state index contributed by atoms with van der Waals surface area (Å²) in [5.41, 5.74) is 0. The third-order valence-electron chi connectivity index (χ3n) is 0. The fraction of sp³-hybridized carbons (Fsp3) is 0. The first-order chi connectivity index (χ1) is 1.73. The van der Waals surface area contributed by atoms with Gasteiger partial charge in [-0.1, -0.05) is 0 Å². The van der Waals surface area contributed by atoms with Crippen molar-refractivity contribution >= 4 is 97.8 Å². The molecule has 0 aromatic rings. The summed E-state index contributed by atoms with van der Waals surface area (Å²) in [6.45, 7) is 0. The minimum atomic E-state index is -1.50. The summed E-state index contributed by atoms with van der Waals surface area (Å²) < 4.78 is 0. The van der Waals surface area contributed by atoms with Crippen LogP contribution in [0.3, 0.4) is 0 Å². The van der Waals surface area contributed by atoms with E-state index in [0.29, 0.717) is 0 Å². The topological polar surface area (TPSA) is 94.9 Å². The maximum Gasteiger partial charge on any atom is 2.00 e. The van der Waals surface area contributed by atoms with Crippen molar-refractivity contribution in [2.75, 3.05) is 0 Å². The van der Waals surface area contributed by atoms with Gasteiger partial charge >= 0.3 is 97.8 Å². The molecule has 0 radical (unpaired) electrons. The summed E-state index contributed by atoms with van der Waals surface area (Å²) in [4.78, 5) is 8.36. The van der Waals surface area contributed by atoms with Crippen molar-refractivity contribution in [1.82, 2.24) is 0 Å². The zero-order valence-corrected chi connectivity index (χ0v) is 12.5. The van der Waals surface area contributed by atoms with Crippen LogP contribution in [0, 0.1) is 10.1 Å². The fourth-order valence-electron chi connectivity index (χ4n) is 0. The Labute approximate surface area is 126 Å². The number of rotatable bonds is 0. The van der Waals surface area contributed by atoms with Gasteiger partial charge in [-0.15, -0.1) is 10.1 Å². The molecule has 0 aromatic heterocycles. The molecule has 3 N–H and O–H groups in total. The predicted molar refractivity (Wildman–Crippen MR) is 28.4 cm³/mol. The van der Waals surface area contributed by atoms with Gasteiger partial charge in [0.15, 0.2) is 0 Å². The molecule has 0 spiro atoms. The van der Waals surface area contributed by atoms with E-state index in [9.17, 15) is 0 Å². The molecule has 0 fully saturated rings. The average molecular weight is 360 g/mol. The molecule has 7 heavy (non-hydrogen) atoms. The van der Waals surface area contributed by atoms with Gasteiger partial charge in [0, 0.05) is 0 Å². The van der Waals surface area contributed by atoms with Crippen LogP contribution in [0.4, 0.5) is 0 Å². The zero-order chi connectivity index (χ0) is 3.58. The predicted octanol–water partition coefficient (Wildman–Crippen LogP) is -1.48. The molecule has 0 aromatic carbocycles. The van der Waals surface area contributed by atoms with Gasteiger partial charge in [0.25, 0.3) is 5.09 Å². The number of hydrogen-bond donors (Lipinski definition) is 1. The summed E-state index contributed by atoms with van der Waals surface area (Å²) in [6, 6.07) is 0. The standard InChI is InChI=1S/2Ba.HNO3.H2O.4H/c;;2-1(3)4;;;;;/h;;(H,2,3,4);1H2;;;;/q2*+2;;;4*-1. The molecule has 0 unspecified atom stereocenters. The molecule has 0 bridgehead atoms. The fourth-order valence-corrected chi connectivity index (χ4v) is 0. The Morgan fingerprint density at radius 1 is 1.57 bits per heavy atom. The molecule has 7 heteroatoms. The van der Waals surface area contributed by atoms with Gasteiger partial charge in [-0.3, -0.25) is 0 Å². The molecular weight excluding hydrogens is 353 g/mol. The summed E-state index contributed by atoms with van der Waals surface area (Å²) in [5.74, 6) is 0. The second-order valence-corrected chi connectivity index (χ2v) is 0.238. The van der Waals surface area contributed by atoms with E-state index in [0.717, 1.165) is 0 Å². The maximum atomic E-state index is 8.36. The van der Waals surface area contributed by atoms with Gasteiger partial charge in [0.2, 0.25) is 0 Å². The van der Waals surface area contributed by atoms with Gasteiger partial charge < -0.3 is 16.4 Å². The van der Waals surface area contributed by atoms with Gasteiger partial charge in [-0.2, -0.15) is 0 Å². The van der Waals surface area contributed by atoms with E-state index in [1.165, 1.54) is 0 Å². The molecule has 0 saturated carbocycles. The first kappa shape index (κ1) is 22.8. The van der Waals surface area contributed by atoms with Crippen LogP contribution < -0.4 is 0 Å².